The topological polar surface area (TPSA) is 21.3 Å². The third-order valence-corrected chi connectivity index (χ3v) is 4.14. The quantitative estimate of drug-likeness (QED) is 0.886. The van der Waals surface area contributed by atoms with Crippen LogP contribution >= 0.6 is 0 Å². The molecule has 1 heterocycles. The molecule has 3 heteroatoms. The molecule has 1 aromatic carbocycles. The van der Waals surface area contributed by atoms with Crippen molar-refractivity contribution < 1.29 is 9.13 Å². The minimum absolute atomic E-state index is 0.147. The summed E-state index contributed by atoms with van der Waals surface area (Å²) in [4.78, 5) is 0. The molecule has 2 nitrogen and oxygen atoms in total. The molecule has 0 radical (unpaired) electrons. The number of halogens is 1. The number of hydrogen-bond acceptors (Lipinski definition) is 2. The lowest BCUT2D eigenvalue weighted by atomic mass is 9.76. The SMILES string of the molecule is Fc1ccc(C2CC(NCC3CCCO3)C2)cc1. The van der Waals surface area contributed by atoms with Gasteiger partial charge < -0.3 is 10.1 Å². The van der Waals surface area contributed by atoms with Crippen molar-refractivity contribution in [2.24, 2.45) is 0 Å². The van der Waals surface area contributed by atoms with Crippen molar-refractivity contribution in [2.45, 2.75) is 43.7 Å². The molecule has 1 atom stereocenters. The lowest BCUT2D eigenvalue weighted by molar-refractivity contribution is 0.102. The van der Waals surface area contributed by atoms with Crippen LogP contribution in [0.5, 0.6) is 0 Å². The van der Waals surface area contributed by atoms with Gasteiger partial charge in [-0.15, -0.1) is 0 Å². The van der Waals surface area contributed by atoms with Crippen molar-refractivity contribution in [3.8, 4) is 0 Å². The third kappa shape index (κ3) is 2.73. The normalized spacial score (nSPS) is 31.3. The monoisotopic (exact) mass is 249 g/mol. The lowest BCUT2D eigenvalue weighted by Crippen LogP contribution is -2.43. The van der Waals surface area contributed by atoms with E-state index in [1.165, 1.54) is 31.2 Å². The van der Waals surface area contributed by atoms with E-state index in [0.717, 1.165) is 13.2 Å². The first kappa shape index (κ1) is 12.1. The highest BCUT2D eigenvalue weighted by molar-refractivity contribution is 5.23. The molecular formula is C15H20FNO. The van der Waals surface area contributed by atoms with Crippen LogP contribution in [0.15, 0.2) is 24.3 Å². The van der Waals surface area contributed by atoms with E-state index in [1.54, 1.807) is 12.1 Å². The Kier molecular flexibility index (Phi) is 3.62. The fourth-order valence-electron chi connectivity index (χ4n) is 2.90. The van der Waals surface area contributed by atoms with Crippen molar-refractivity contribution in [2.75, 3.05) is 13.2 Å². The average Bonchev–Trinajstić information content (AvgIpc) is 2.82. The lowest BCUT2D eigenvalue weighted by Gasteiger charge is -2.37. The molecule has 98 valence electrons. The maximum absolute atomic E-state index is 12.8. The van der Waals surface area contributed by atoms with E-state index < -0.39 is 0 Å². The highest BCUT2D eigenvalue weighted by atomic mass is 19.1. The summed E-state index contributed by atoms with van der Waals surface area (Å²) >= 11 is 0. The molecular weight excluding hydrogens is 229 g/mol. The molecule has 1 aromatic rings. The van der Waals surface area contributed by atoms with Gasteiger partial charge in [0.05, 0.1) is 6.10 Å². The molecule has 1 N–H and O–H groups in total. The summed E-state index contributed by atoms with van der Waals surface area (Å²) < 4.78 is 18.4. The molecule has 0 amide bonds. The Morgan fingerprint density at radius 2 is 2.00 bits per heavy atom. The van der Waals surface area contributed by atoms with Gasteiger partial charge in [0, 0.05) is 19.2 Å². The van der Waals surface area contributed by atoms with Gasteiger partial charge in [0.1, 0.15) is 5.82 Å². The second-order valence-corrected chi connectivity index (χ2v) is 5.46. The first-order valence-corrected chi connectivity index (χ1v) is 6.92. The van der Waals surface area contributed by atoms with E-state index in [9.17, 15) is 4.39 Å². The summed E-state index contributed by atoms with van der Waals surface area (Å²) in [5.74, 6) is 0.457. The molecule has 0 bridgehead atoms. The zero-order valence-electron chi connectivity index (χ0n) is 10.6. The molecule has 1 aliphatic heterocycles. The van der Waals surface area contributed by atoms with Crippen LogP contribution in [-0.4, -0.2) is 25.3 Å². The van der Waals surface area contributed by atoms with Crippen molar-refractivity contribution in [3.05, 3.63) is 35.6 Å². The first-order chi connectivity index (χ1) is 8.81. The molecule has 0 aromatic heterocycles. The van der Waals surface area contributed by atoms with Crippen LogP contribution in [0, 0.1) is 5.82 Å². The van der Waals surface area contributed by atoms with Gasteiger partial charge in [0.25, 0.3) is 0 Å². The van der Waals surface area contributed by atoms with Gasteiger partial charge in [0.2, 0.25) is 0 Å². The standard InChI is InChI=1S/C15H20FNO/c16-13-5-3-11(4-6-13)12-8-14(9-12)17-10-15-2-1-7-18-15/h3-6,12,14-15,17H,1-2,7-10H2. The van der Waals surface area contributed by atoms with E-state index >= 15 is 0 Å². The molecule has 1 unspecified atom stereocenters. The second-order valence-electron chi connectivity index (χ2n) is 5.46. The smallest absolute Gasteiger partial charge is 0.123 e. The van der Waals surface area contributed by atoms with Crippen LogP contribution in [0.25, 0.3) is 0 Å². The minimum Gasteiger partial charge on any atom is -0.377 e. The van der Waals surface area contributed by atoms with E-state index in [4.69, 9.17) is 4.74 Å². The van der Waals surface area contributed by atoms with Gasteiger partial charge >= 0.3 is 0 Å². The molecule has 3 rings (SSSR count). The summed E-state index contributed by atoms with van der Waals surface area (Å²) in [7, 11) is 0. The largest absolute Gasteiger partial charge is 0.377 e. The molecule has 0 spiro atoms. The zero-order chi connectivity index (χ0) is 12.4. The third-order valence-electron chi connectivity index (χ3n) is 4.14. The van der Waals surface area contributed by atoms with Gasteiger partial charge in [-0.25, -0.2) is 4.39 Å². The fourth-order valence-corrected chi connectivity index (χ4v) is 2.90. The molecule has 1 aliphatic carbocycles. The number of nitrogens with one attached hydrogen (secondary N) is 1. The maximum atomic E-state index is 12.8. The Morgan fingerprint density at radius 3 is 2.67 bits per heavy atom. The predicted molar refractivity (Wildman–Crippen MR) is 69.1 cm³/mol. The van der Waals surface area contributed by atoms with E-state index in [-0.39, 0.29) is 5.82 Å². The summed E-state index contributed by atoms with van der Waals surface area (Å²) in [6.45, 7) is 1.91. The second kappa shape index (κ2) is 5.37. The summed E-state index contributed by atoms with van der Waals surface area (Å²) in [6, 6.07) is 7.56. The van der Waals surface area contributed by atoms with Crippen LogP contribution in [0.1, 0.15) is 37.2 Å². The Labute approximate surface area is 108 Å². The molecule has 1 saturated heterocycles. The summed E-state index contributed by atoms with van der Waals surface area (Å²) in [6.07, 6.45) is 5.16. The van der Waals surface area contributed by atoms with Gasteiger partial charge in [-0.2, -0.15) is 0 Å². The molecule has 2 aliphatic rings. The Hall–Kier alpha value is -0.930. The first-order valence-electron chi connectivity index (χ1n) is 6.92. The zero-order valence-corrected chi connectivity index (χ0v) is 10.6. The van der Waals surface area contributed by atoms with Crippen LogP contribution < -0.4 is 5.32 Å². The van der Waals surface area contributed by atoms with Crippen LogP contribution in [0.3, 0.4) is 0 Å². The number of hydrogen-bond donors (Lipinski definition) is 1. The average molecular weight is 249 g/mol. The van der Waals surface area contributed by atoms with Crippen LogP contribution in [0.4, 0.5) is 4.39 Å². The summed E-state index contributed by atoms with van der Waals surface area (Å²) in [5, 5.41) is 3.57. The highest BCUT2D eigenvalue weighted by Gasteiger charge is 2.30. The molecule has 1 saturated carbocycles. The van der Waals surface area contributed by atoms with E-state index in [1.807, 2.05) is 12.1 Å². The number of rotatable bonds is 4. The summed E-state index contributed by atoms with van der Waals surface area (Å²) in [5.41, 5.74) is 1.27. The predicted octanol–water partition coefficient (Wildman–Crippen LogP) is 2.84. The van der Waals surface area contributed by atoms with Gasteiger partial charge in [-0.1, -0.05) is 12.1 Å². The Balaban J connectivity index is 1.41. The minimum atomic E-state index is -0.147. The fraction of sp³-hybridized carbons (Fsp3) is 0.600. The Morgan fingerprint density at radius 1 is 1.22 bits per heavy atom. The van der Waals surface area contributed by atoms with Gasteiger partial charge in [-0.3, -0.25) is 0 Å². The van der Waals surface area contributed by atoms with Crippen molar-refractivity contribution in [1.82, 2.24) is 5.32 Å². The molecule has 18 heavy (non-hydrogen) atoms. The van der Waals surface area contributed by atoms with Crippen molar-refractivity contribution in [3.63, 3.8) is 0 Å². The highest BCUT2D eigenvalue weighted by Crippen LogP contribution is 2.36. The maximum Gasteiger partial charge on any atom is 0.123 e. The van der Waals surface area contributed by atoms with Crippen molar-refractivity contribution in [1.29, 1.82) is 0 Å². The number of benzene rings is 1. The van der Waals surface area contributed by atoms with E-state index in [2.05, 4.69) is 5.32 Å². The number of ether oxygens (including phenoxy) is 1. The van der Waals surface area contributed by atoms with Crippen molar-refractivity contribution >= 4 is 0 Å². The Bertz CT molecular complexity index is 380. The van der Waals surface area contributed by atoms with E-state index in [0.29, 0.717) is 18.1 Å². The van der Waals surface area contributed by atoms with Gasteiger partial charge in [-0.05, 0) is 49.3 Å². The van der Waals surface area contributed by atoms with Crippen LogP contribution in [0.2, 0.25) is 0 Å². The van der Waals surface area contributed by atoms with Gasteiger partial charge in [0.15, 0.2) is 0 Å². The molecule has 2 fully saturated rings. The van der Waals surface area contributed by atoms with Crippen LogP contribution in [-0.2, 0) is 4.74 Å².